The first-order chi connectivity index (χ1) is 11.0. The van der Waals surface area contributed by atoms with Gasteiger partial charge in [-0.05, 0) is 36.4 Å². The highest BCUT2D eigenvalue weighted by molar-refractivity contribution is 7.99. The highest BCUT2D eigenvalue weighted by Crippen LogP contribution is 2.27. The fraction of sp³-hybridized carbons (Fsp3) is 0.176. The van der Waals surface area contributed by atoms with Crippen molar-refractivity contribution in [3.05, 3.63) is 53.6 Å². The van der Waals surface area contributed by atoms with Crippen LogP contribution in [-0.2, 0) is 9.59 Å². The van der Waals surface area contributed by atoms with Crippen LogP contribution in [0.15, 0.2) is 53.4 Å². The second-order valence-corrected chi connectivity index (χ2v) is 6.25. The topological polar surface area (TPSA) is 55.4 Å². The van der Waals surface area contributed by atoms with Gasteiger partial charge >= 0.3 is 5.97 Å². The zero-order valence-electron chi connectivity index (χ0n) is 12.5. The molecule has 0 aliphatic rings. The van der Waals surface area contributed by atoms with Crippen LogP contribution in [0.25, 0.3) is 0 Å². The molecule has 0 aliphatic heterocycles. The van der Waals surface area contributed by atoms with Crippen molar-refractivity contribution in [1.29, 1.82) is 0 Å². The number of ether oxygens (including phenoxy) is 1. The van der Waals surface area contributed by atoms with E-state index >= 15 is 0 Å². The number of carbonyl (C=O) groups excluding carboxylic acids is 2. The van der Waals surface area contributed by atoms with E-state index in [0.717, 1.165) is 4.90 Å². The number of thioether (sulfide) groups is 1. The van der Waals surface area contributed by atoms with Crippen molar-refractivity contribution in [2.24, 2.45) is 0 Å². The molecule has 120 valence electrons. The first-order valence-electron chi connectivity index (χ1n) is 7.00. The Bertz CT molecular complexity index is 688. The molecule has 0 spiro atoms. The maximum absolute atomic E-state index is 11.8. The number of halogens is 1. The van der Waals surface area contributed by atoms with Crippen molar-refractivity contribution in [2.75, 3.05) is 11.1 Å². The summed E-state index contributed by atoms with van der Waals surface area (Å²) in [6.07, 6.45) is 0.281. The zero-order chi connectivity index (χ0) is 16.7. The van der Waals surface area contributed by atoms with E-state index in [1.807, 2.05) is 24.3 Å². The predicted molar refractivity (Wildman–Crippen MR) is 93.2 cm³/mol. The summed E-state index contributed by atoms with van der Waals surface area (Å²) < 4.78 is 5.24. The Labute approximate surface area is 144 Å². The molecule has 0 radical (unpaired) electrons. The molecule has 0 saturated carbocycles. The van der Waals surface area contributed by atoms with Gasteiger partial charge < -0.3 is 10.1 Å². The van der Waals surface area contributed by atoms with Crippen molar-refractivity contribution in [3.63, 3.8) is 0 Å². The number of amides is 1. The lowest BCUT2D eigenvalue weighted by Gasteiger charge is -2.06. The summed E-state index contributed by atoms with van der Waals surface area (Å²) in [5, 5.41) is 3.33. The molecule has 2 aromatic carbocycles. The highest BCUT2D eigenvalue weighted by Gasteiger charge is 2.07. The lowest BCUT2D eigenvalue weighted by atomic mass is 10.3. The normalized spacial score (nSPS) is 10.2. The van der Waals surface area contributed by atoms with Crippen molar-refractivity contribution in [3.8, 4) is 5.75 Å². The lowest BCUT2D eigenvalue weighted by molar-refractivity contribution is -0.133. The molecule has 4 nitrogen and oxygen atoms in total. The monoisotopic (exact) mass is 349 g/mol. The molecular weight excluding hydrogens is 334 g/mol. The maximum Gasteiger partial charge on any atom is 0.312 e. The molecule has 2 aromatic rings. The molecule has 0 atom stereocenters. The molecule has 6 heteroatoms. The van der Waals surface area contributed by atoms with Crippen LogP contribution in [0.5, 0.6) is 5.75 Å². The van der Waals surface area contributed by atoms with Crippen molar-refractivity contribution < 1.29 is 14.3 Å². The van der Waals surface area contributed by atoms with Crippen LogP contribution in [-0.4, -0.2) is 17.6 Å². The quantitative estimate of drug-likeness (QED) is 0.477. The number of rotatable bonds is 6. The van der Waals surface area contributed by atoms with Crippen LogP contribution in [0.3, 0.4) is 0 Å². The lowest BCUT2D eigenvalue weighted by Crippen LogP contribution is -2.09. The fourth-order valence-corrected chi connectivity index (χ4v) is 2.97. The summed E-state index contributed by atoms with van der Waals surface area (Å²) in [7, 11) is 0. The second kappa shape index (κ2) is 8.60. The molecule has 0 bridgehead atoms. The highest BCUT2D eigenvalue weighted by atomic mass is 35.5. The van der Waals surface area contributed by atoms with Gasteiger partial charge in [-0.25, -0.2) is 0 Å². The number of hydrogen-bond acceptors (Lipinski definition) is 4. The van der Waals surface area contributed by atoms with Gasteiger partial charge in [0.1, 0.15) is 5.75 Å². The van der Waals surface area contributed by atoms with E-state index in [2.05, 4.69) is 5.32 Å². The third-order valence-corrected chi connectivity index (χ3v) is 4.32. The smallest absolute Gasteiger partial charge is 0.312 e. The summed E-state index contributed by atoms with van der Waals surface area (Å²) >= 11 is 7.57. The van der Waals surface area contributed by atoms with E-state index in [1.54, 1.807) is 24.3 Å². The third-order valence-electron chi connectivity index (χ3n) is 2.81. The van der Waals surface area contributed by atoms with Gasteiger partial charge in [0.25, 0.3) is 0 Å². The Morgan fingerprint density at radius 2 is 1.83 bits per heavy atom. The van der Waals surface area contributed by atoms with Gasteiger partial charge in [0, 0.05) is 23.3 Å². The van der Waals surface area contributed by atoms with Gasteiger partial charge in [-0.15, -0.1) is 11.8 Å². The van der Waals surface area contributed by atoms with Gasteiger partial charge in [0.2, 0.25) is 5.91 Å². The number of anilines is 1. The molecule has 1 amide bonds. The van der Waals surface area contributed by atoms with Crippen LogP contribution >= 0.6 is 23.4 Å². The van der Waals surface area contributed by atoms with Crippen LogP contribution in [0.2, 0.25) is 5.02 Å². The molecule has 1 N–H and O–H groups in total. The minimum absolute atomic E-state index is 0.147. The molecule has 0 fully saturated rings. The van der Waals surface area contributed by atoms with Gasteiger partial charge in [0.15, 0.2) is 0 Å². The fourth-order valence-electron chi connectivity index (χ4n) is 1.80. The minimum atomic E-state index is -0.308. The van der Waals surface area contributed by atoms with E-state index in [1.165, 1.54) is 18.7 Å². The van der Waals surface area contributed by atoms with E-state index in [0.29, 0.717) is 22.2 Å². The minimum Gasteiger partial charge on any atom is -0.427 e. The summed E-state index contributed by atoms with van der Waals surface area (Å²) in [5.41, 5.74) is 0.659. The number of hydrogen-bond donors (Lipinski definition) is 1. The number of nitrogens with one attached hydrogen (secondary N) is 1. The summed E-state index contributed by atoms with van der Waals surface area (Å²) in [6, 6.07) is 14.2. The average Bonchev–Trinajstić information content (AvgIpc) is 2.51. The van der Waals surface area contributed by atoms with Crippen LogP contribution < -0.4 is 10.1 Å². The molecule has 0 unspecified atom stereocenters. The molecule has 2 rings (SSSR count). The van der Waals surface area contributed by atoms with Gasteiger partial charge in [-0.3, -0.25) is 9.59 Å². The zero-order valence-corrected chi connectivity index (χ0v) is 14.1. The molecule has 0 heterocycles. The SMILES string of the molecule is CC(=O)Nc1ccc(OC(=O)CCSc2ccccc2Cl)cc1. The molecule has 23 heavy (non-hydrogen) atoms. The standard InChI is InChI=1S/C17H16ClNO3S/c1-12(20)19-13-6-8-14(9-7-13)22-17(21)10-11-23-16-5-3-2-4-15(16)18/h2-9H,10-11H2,1H3,(H,19,20). The molecular formula is C17H16ClNO3S. The van der Waals surface area contributed by atoms with E-state index in [4.69, 9.17) is 16.3 Å². The Balaban J connectivity index is 1.78. The third kappa shape index (κ3) is 5.96. The van der Waals surface area contributed by atoms with Gasteiger partial charge in [0.05, 0.1) is 11.4 Å². The Morgan fingerprint density at radius 1 is 1.13 bits per heavy atom. The van der Waals surface area contributed by atoms with Crippen molar-refractivity contribution in [1.82, 2.24) is 0 Å². The second-order valence-electron chi connectivity index (χ2n) is 4.71. The Hall–Kier alpha value is -1.98. The van der Waals surface area contributed by atoms with Crippen LogP contribution in [0, 0.1) is 0 Å². The maximum atomic E-state index is 11.8. The van der Waals surface area contributed by atoms with E-state index < -0.39 is 0 Å². The largest absolute Gasteiger partial charge is 0.427 e. The van der Waals surface area contributed by atoms with E-state index in [-0.39, 0.29) is 18.3 Å². The van der Waals surface area contributed by atoms with Crippen LogP contribution in [0.4, 0.5) is 5.69 Å². The van der Waals surface area contributed by atoms with Crippen molar-refractivity contribution >= 4 is 40.9 Å². The number of esters is 1. The average molecular weight is 350 g/mol. The molecule has 0 aliphatic carbocycles. The Morgan fingerprint density at radius 3 is 2.48 bits per heavy atom. The van der Waals surface area contributed by atoms with Crippen LogP contribution in [0.1, 0.15) is 13.3 Å². The number of benzene rings is 2. The first-order valence-corrected chi connectivity index (χ1v) is 8.36. The van der Waals surface area contributed by atoms with Crippen molar-refractivity contribution in [2.45, 2.75) is 18.2 Å². The molecule has 0 aromatic heterocycles. The summed E-state index contributed by atoms with van der Waals surface area (Å²) in [5.74, 6) is 0.585. The first kappa shape index (κ1) is 17.4. The Kier molecular flexibility index (Phi) is 6.50. The summed E-state index contributed by atoms with van der Waals surface area (Å²) in [6.45, 7) is 1.44. The van der Waals surface area contributed by atoms with E-state index in [9.17, 15) is 9.59 Å². The number of carbonyl (C=O) groups is 2. The van der Waals surface area contributed by atoms with Gasteiger partial charge in [-0.1, -0.05) is 23.7 Å². The molecule has 0 saturated heterocycles. The summed E-state index contributed by atoms with van der Waals surface area (Å²) in [4.78, 5) is 23.7. The van der Waals surface area contributed by atoms with Gasteiger partial charge in [-0.2, -0.15) is 0 Å². The predicted octanol–water partition coefficient (Wildman–Crippen LogP) is 4.39.